The second kappa shape index (κ2) is 7.45. The lowest BCUT2D eigenvalue weighted by molar-refractivity contribution is -0.145. The number of aromatic nitrogens is 2. The second-order valence-corrected chi connectivity index (χ2v) is 5.95. The Balaban J connectivity index is 2.42. The minimum Gasteiger partial charge on any atom is -0.486 e. The van der Waals surface area contributed by atoms with Gasteiger partial charge in [-0.3, -0.25) is 4.57 Å². The number of ether oxygens (including phenoxy) is 2. The third-order valence-corrected chi connectivity index (χ3v) is 3.91. The van der Waals surface area contributed by atoms with Crippen LogP contribution in [0.3, 0.4) is 0 Å². The van der Waals surface area contributed by atoms with Crippen LogP contribution < -0.4 is 5.69 Å². The number of allylic oxidation sites excluding steroid dienone is 2. The molecule has 2 rings (SSSR count). The molecule has 1 aromatic rings. The van der Waals surface area contributed by atoms with Crippen molar-refractivity contribution in [1.29, 1.82) is 0 Å². The average molecular weight is 356 g/mol. The van der Waals surface area contributed by atoms with Crippen molar-refractivity contribution in [3.05, 3.63) is 53.4 Å². The van der Waals surface area contributed by atoms with E-state index in [1.54, 1.807) is 13.0 Å². The zero-order chi connectivity index (χ0) is 18.8. The second-order valence-electron chi connectivity index (χ2n) is 5.95. The third kappa shape index (κ3) is 3.80. The fraction of sp³-hybridized carbons (Fsp3) is 0.529. The third-order valence-electron chi connectivity index (χ3n) is 3.91. The van der Waals surface area contributed by atoms with Gasteiger partial charge in [-0.15, -0.1) is 6.58 Å². The number of nitrogens with zero attached hydrogens (tertiary/aromatic N) is 2. The number of alkyl halides is 2. The van der Waals surface area contributed by atoms with Crippen molar-refractivity contribution in [2.75, 3.05) is 0 Å². The van der Waals surface area contributed by atoms with Crippen LogP contribution in [0.2, 0.25) is 0 Å². The summed E-state index contributed by atoms with van der Waals surface area (Å²) in [5.41, 5.74) is -0.456. The van der Waals surface area contributed by atoms with Gasteiger partial charge in [-0.1, -0.05) is 19.6 Å². The molecular weight excluding hydrogens is 334 g/mol. The van der Waals surface area contributed by atoms with Gasteiger partial charge in [-0.05, 0) is 19.4 Å². The van der Waals surface area contributed by atoms with Crippen LogP contribution in [0.5, 0.6) is 0 Å². The SMILES string of the molecule is C=CCc1ccn(C2OC(C(O)CC)C(OC(=C)C)C2(F)F)c(=O)n1. The summed E-state index contributed by atoms with van der Waals surface area (Å²) in [6, 6.07) is 1.45. The predicted molar refractivity (Wildman–Crippen MR) is 87.2 cm³/mol. The zero-order valence-electron chi connectivity index (χ0n) is 14.2. The summed E-state index contributed by atoms with van der Waals surface area (Å²) in [5.74, 6) is -3.50. The Kier molecular flexibility index (Phi) is 5.74. The molecule has 0 spiro atoms. The summed E-state index contributed by atoms with van der Waals surface area (Å²) in [7, 11) is 0. The molecular formula is C17H22F2N2O4. The molecule has 8 heteroatoms. The topological polar surface area (TPSA) is 73.6 Å². The number of halogens is 2. The molecule has 0 aliphatic carbocycles. The van der Waals surface area contributed by atoms with E-state index in [-0.39, 0.29) is 12.2 Å². The van der Waals surface area contributed by atoms with Crippen molar-refractivity contribution in [3.63, 3.8) is 0 Å². The van der Waals surface area contributed by atoms with Crippen molar-refractivity contribution in [2.45, 2.75) is 57.2 Å². The van der Waals surface area contributed by atoms with E-state index in [1.165, 1.54) is 19.2 Å². The first-order valence-electron chi connectivity index (χ1n) is 7.94. The molecule has 0 saturated carbocycles. The van der Waals surface area contributed by atoms with Gasteiger partial charge in [0, 0.05) is 12.6 Å². The molecule has 2 heterocycles. The van der Waals surface area contributed by atoms with Crippen molar-refractivity contribution >= 4 is 0 Å². The first kappa shape index (κ1) is 19.3. The number of hydrogen-bond acceptors (Lipinski definition) is 5. The Morgan fingerprint density at radius 1 is 1.64 bits per heavy atom. The minimum absolute atomic E-state index is 0.0639. The van der Waals surface area contributed by atoms with E-state index in [4.69, 9.17) is 9.47 Å². The van der Waals surface area contributed by atoms with Crippen LogP contribution in [0, 0.1) is 0 Å². The number of aliphatic hydroxyl groups is 1. The first-order valence-corrected chi connectivity index (χ1v) is 7.94. The van der Waals surface area contributed by atoms with E-state index in [1.807, 2.05) is 0 Å². The Labute approximate surface area is 144 Å². The Bertz CT molecular complexity index is 704. The smallest absolute Gasteiger partial charge is 0.350 e. The van der Waals surface area contributed by atoms with Crippen LogP contribution in [0.15, 0.2) is 42.1 Å². The number of rotatable bonds is 7. The normalized spacial score (nSPS) is 26.2. The highest BCUT2D eigenvalue weighted by molar-refractivity contribution is 5.07. The largest absolute Gasteiger partial charge is 0.486 e. The van der Waals surface area contributed by atoms with Gasteiger partial charge in [0.05, 0.1) is 17.6 Å². The zero-order valence-corrected chi connectivity index (χ0v) is 14.2. The molecule has 0 amide bonds. The van der Waals surface area contributed by atoms with E-state index >= 15 is 0 Å². The highest BCUT2D eigenvalue weighted by Crippen LogP contribution is 2.45. The Hall–Kier alpha value is -2.06. The van der Waals surface area contributed by atoms with Crippen LogP contribution in [-0.4, -0.2) is 38.9 Å². The van der Waals surface area contributed by atoms with E-state index in [0.29, 0.717) is 16.7 Å². The Morgan fingerprint density at radius 3 is 2.84 bits per heavy atom. The van der Waals surface area contributed by atoms with E-state index in [9.17, 15) is 18.7 Å². The molecule has 1 saturated heterocycles. The molecule has 1 aliphatic heterocycles. The summed E-state index contributed by atoms with van der Waals surface area (Å²) >= 11 is 0. The predicted octanol–water partition coefficient (Wildman–Crippen LogP) is 2.19. The molecule has 1 aliphatic rings. The molecule has 0 bridgehead atoms. The fourth-order valence-corrected chi connectivity index (χ4v) is 2.70. The van der Waals surface area contributed by atoms with Crippen molar-refractivity contribution in [2.24, 2.45) is 0 Å². The van der Waals surface area contributed by atoms with Gasteiger partial charge in [0.2, 0.25) is 6.23 Å². The lowest BCUT2D eigenvalue weighted by Gasteiger charge is -2.26. The molecule has 25 heavy (non-hydrogen) atoms. The monoisotopic (exact) mass is 356 g/mol. The van der Waals surface area contributed by atoms with Gasteiger partial charge in [-0.2, -0.15) is 13.8 Å². The maximum Gasteiger partial charge on any atom is 0.350 e. The van der Waals surface area contributed by atoms with Gasteiger partial charge >= 0.3 is 11.6 Å². The summed E-state index contributed by atoms with van der Waals surface area (Å²) in [6.45, 7) is 10.1. The molecule has 0 aromatic carbocycles. The first-order chi connectivity index (χ1) is 11.7. The van der Waals surface area contributed by atoms with Crippen LogP contribution in [0.25, 0.3) is 0 Å². The fourth-order valence-electron chi connectivity index (χ4n) is 2.70. The number of hydrogen-bond donors (Lipinski definition) is 1. The van der Waals surface area contributed by atoms with Crippen molar-refractivity contribution in [1.82, 2.24) is 9.55 Å². The van der Waals surface area contributed by atoms with E-state index in [0.717, 1.165) is 0 Å². The summed E-state index contributed by atoms with van der Waals surface area (Å²) in [5, 5.41) is 10.0. The van der Waals surface area contributed by atoms with Crippen LogP contribution in [0.4, 0.5) is 8.78 Å². The van der Waals surface area contributed by atoms with Gasteiger partial charge in [-0.25, -0.2) is 4.79 Å². The average Bonchev–Trinajstić information content (AvgIpc) is 2.78. The molecule has 6 nitrogen and oxygen atoms in total. The Morgan fingerprint density at radius 2 is 2.32 bits per heavy atom. The number of aliphatic hydroxyl groups excluding tert-OH is 1. The van der Waals surface area contributed by atoms with Crippen molar-refractivity contribution < 1.29 is 23.4 Å². The maximum absolute atomic E-state index is 14.9. The molecule has 4 unspecified atom stereocenters. The standard InChI is InChI=1S/C17H22F2N2O4/c1-5-7-11-8-9-21(16(23)20-11)15-17(18,19)14(24-10(3)4)13(25-15)12(22)6-2/h5,8-9,12-15,22H,1,3,6-7H2,2,4H3. The van der Waals surface area contributed by atoms with Crippen LogP contribution >= 0.6 is 0 Å². The quantitative estimate of drug-likeness (QED) is 0.599. The highest BCUT2D eigenvalue weighted by atomic mass is 19.3. The molecule has 1 N–H and O–H groups in total. The maximum atomic E-state index is 14.9. The van der Waals surface area contributed by atoms with Gasteiger partial charge in [0.25, 0.3) is 0 Å². The molecule has 4 atom stereocenters. The van der Waals surface area contributed by atoms with Crippen molar-refractivity contribution in [3.8, 4) is 0 Å². The van der Waals surface area contributed by atoms with E-state index in [2.05, 4.69) is 18.1 Å². The molecule has 138 valence electrons. The van der Waals surface area contributed by atoms with Crippen LogP contribution in [0.1, 0.15) is 32.2 Å². The molecule has 0 radical (unpaired) electrons. The van der Waals surface area contributed by atoms with Gasteiger partial charge < -0.3 is 14.6 Å². The highest BCUT2D eigenvalue weighted by Gasteiger charge is 2.63. The molecule has 1 fully saturated rings. The summed E-state index contributed by atoms with van der Waals surface area (Å²) < 4.78 is 41.0. The van der Waals surface area contributed by atoms with E-state index < -0.39 is 36.2 Å². The van der Waals surface area contributed by atoms with Gasteiger partial charge in [0.15, 0.2) is 6.10 Å². The van der Waals surface area contributed by atoms with Crippen LogP contribution in [-0.2, 0) is 15.9 Å². The summed E-state index contributed by atoms with van der Waals surface area (Å²) in [6.07, 6.45) is -2.88. The van der Waals surface area contributed by atoms with Gasteiger partial charge in [0.1, 0.15) is 6.10 Å². The summed E-state index contributed by atoms with van der Waals surface area (Å²) in [4.78, 5) is 15.9. The lowest BCUT2D eigenvalue weighted by atomic mass is 10.0. The lowest BCUT2D eigenvalue weighted by Crippen LogP contribution is -2.45. The minimum atomic E-state index is -3.56. The molecule has 1 aromatic heterocycles.